The molecule has 0 amide bonds. The van der Waals surface area contributed by atoms with Crippen molar-refractivity contribution < 1.29 is 9.53 Å². The molecule has 3 nitrogen and oxygen atoms in total. The molecule has 2 rings (SSSR count). The normalized spacial score (nSPS) is 10.6. The van der Waals surface area contributed by atoms with Crippen LogP contribution in [0.25, 0.3) is 10.9 Å². The Hall–Kier alpha value is -1.55. The fourth-order valence-electron chi connectivity index (χ4n) is 1.83. The highest BCUT2D eigenvalue weighted by Crippen LogP contribution is 2.27. The lowest BCUT2D eigenvalue weighted by Crippen LogP contribution is -2.04. The van der Waals surface area contributed by atoms with Gasteiger partial charge < -0.3 is 4.74 Å². The molecule has 1 heterocycles. The lowest BCUT2D eigenvalue weighted by Gasteiger charge is -2.08. The molecule has 0 spiro atoms. The van der Waals surface area contributed by atoms with E-state index >= 15 is 0 Å². The van der Waals surface area contributed by atoms with Gasteiger partial charge in [-0.15, -0.1) is 0 Å². The molecule has 4 heteroatoms. The van der Waals surface area contributed by atoms with Crippen molar-refractivity contribution in [1.82, 2.24) is 4.98 Å². The van der Waals surface area contributed by atoms with Crippen LogP contribution in [-0.2, 0) is 0 Å². The van der Waals surface area contributed by atoms with Crippen LogP contribution in [0.4, 0.5) is 0 Å². The van der Waals surface area contributed by atoms with Crippen molar-refractivity contribution in [2.24, 2.45) is 0 Å². The summed E-state index contributed by atoms with van der Waals surface area (Å²) >= 11 is 1.63. The maximum atomic E-state index is 12.1. The van der Waals surface area contributed by atoms with Crippen LogP contribution in [0.15, 0.2) is 30.5 Å². The van der Waals surface area contributed by atoms with Crippen LogP contribution in [0.1, 0.15) is 17.3 Å². The number of hydrogen-bond acceptors (Lipinski definition) is 4. The lowest BCUT2D eigenvalue weighted by atomic mass is 10.0. The number of Topliss-reactive ketones (excluding diaryl/α,β-unsaturated/α-hetero) is 1. The van der Waals surface area contributed by atoms with Crippen molar-refractivity contribution in [2.45, 2.75) is 6.92 Å². The molecule has 0 radical (unpaired) electrons. The minimum absolute atomic E-state index is 0.141. The summed E-state index contributed by atoms with van der Waals surface area (Å²) in [7, 11) is 1.61. The highest BCUT2D eigenvalue weighted by atomic mass is 32.2. The Kier molecular flexibility index (Phi) is 4.20. The molecule has 94 valence electrons. The van der Waals surface area contributed by atoms with Gasteiger partial charge in [-0.25, -0.2) is 0 Å². The highest BCUT2D eigenvalue weighted by Gasteiger charge is 2.13. The molecule has 2 aromatic rings. The van der Waals surface area contributed by atoms with E-state index in [0.717, 1.165) is 22.2 Å². The van der Waals surface area contributed by atoms with Gasteiger partial charge in [-0.05, 0) is 24.0 Å². The lowest BCUT2D eigenvalue weighted by molar-refractivity contribution is 0.102. The van der Waals surface area contributed by atoms with Crippen molar-refractivity contribution in [3.63, 3.8) is 0 Å². The van der Waals surface area contributed by atoms with Gasteiger partial charge in [-0.3, -0.25) is 9.78 Å². The largest absolute Gasteiger partial charge is 0.494 e. The van der Waals surface area contributed by atoms with Crippen molar-refractivity contribution in [3.05, 3.63) is 36.0 Å². The summed E-state index contributed by atoms with van der Waals surface area (Å²) in [6.45, 7) is 2.05. The van der Waals surface area contributed by atoms with Gasteiger partial charge in [0.05, 0.1) is 12.9 Å². The first-order chi connectivity index (χ1) is 8.77. The first-order valence-electron chi connectivity index (χ1n) is 5.80. The summed E-state index contributed by atoms with van der Waals surface area (Å²) < 4.78 is 5.26. The zero-order valence-corrected chi connectivity index (χ0v) is 11.3. The van der Waals surface area contributed by atoms with E-state index in [1.165, 1.54) is 0 Å². The van der Waals surface area contributed by atoms with Crippen molar-refractivity contribution in [1.29, 1.82) is 0 Å². The number of hydrogen-bond donors (Lipinski definition) is 0. The predicted molar refractivity (Wildman–Crippen MR) is 75.6 cm³/mol. The number of ketones is 1. The Balaban J connectivity index is 2.49. The summed E-state index contributed by atoms with van der Waals surface area (Å²) in [6, 6.07) is 7.38. The average Bonchev–Trinajstić information content (AvgIpc) is 2.43. The van der Waals surface area contributed by atoms with Crippen LogP contribution in [0.3, 0.4) is 0 Å². The van der Waals surface area contributed by atoms with E-state index < -0.39 is 0 Å². The smallest absolute Gasteiger partial charge is 0.173 e. The predicted octanol–water partition coefficient (Wildman–Crippen LogP) is 3.18. The number of ether oxygens (including phenoxy) is 1. The van der Waals surface area contributed by atoms with E-state index in [2.05, 4.69) is 4.98 Å². The SMILES string of the molecule is CCSCC(=O)c1ccc(OC)c2ncccc12. The second kappa shape index (κ2) is 5.87. The van der Waals surface area contributed by atoms with Gasteiger partial charge >= 0.3 is 0 Å². The van der Waals surface area contributed by atoms with E-state index in [1.54, 1.807) is 31.1 Å². The van der Waals surface area contributed by atoms with E-state index in [-0.39, 0.29) is 5.78 Å². The van der Waals surface area contributed by atoms with Gasteiger partial charge in [0.15, 0.2) is 5.78 Å². The molecule has 1 aromatic heterocycles. The molecule has 0 N–H and O–H groups in total. The zero-order valence-electron chi connectivity index (χ0n) is 10.5. The van der Waals surface area contributed by atoms with Gasteiger partial charge in [-0.2, -0.15) is 11.8 Å². The number of thioether (sulfide) groups is 1. The number of pyridine rings is 1. The molecule has 0 atom stereocenters. The number of nitrogens with zero attached hydrogens (tertiary/aromatic N) is 1. The molecule has 0 saturated carbocycles. The minimum Gasteiger partial charge on any atom is -0.494 e. The summed E-state index contributed by atoms with van der Waals surface area (Å²) in [5, 5.41) is 0.860. The molecule has 0 saturated heterocycles. The maximum Gasteiger partial charge on any atom is 0.173 e. The molecule has 1 aromatic carbocycles. The number of carbonyl (C=O) groups is 1. The number of methoxy groups -OCH3 is 1. The highest BCUT2D eigenvalue weighted by molar-refractivity contribution is 7.99. The van der Waals surface area contributed by atoms with E-state index in [1.807, 2.05) is 25.1 Å². The molecule has 0 bridgehead atoms. The zero-order chi connectivity index (χ0) is 13.0. The number of fused-ring (bicyclic) bond motifs is 1. The van der Waals surface area contributed by atoms with Crippen LogP contribution in [0.5, 0.6) is 5.75 Å². The van der Waals surface area contributed by atoms with Gasteiger partial charge in [0.2, 0.25) is 0 Å². The Morgan fingerprint density at radius 2 is 2.22 bits per heavy atom. The Bertz CT molecular complexity index is 569. The molecule has 0 aliphatic carbocycles. The Morgan fingerprint density at radius 1 is 1.39 bits per heavy atom. The third-order valence-corrected chi connectivity index (χ3v) is 3.56. The fourth-order valence-corrected chi connectivity index (χ4v) is 2.37. The van der Waals surface area contributed by atoms with Crippen LogP contribution in [-0.4, -0.2) is 29.4 Å². The van der Waals surface area contributed by atoms with Crippen LogP contribution in [0.2, 0.25) is 0 Å². The quantitative estimate of drug-likeness (QED) is 0.775. The van der Waals surface area contributed by atoms with Crippen molar-refractivity contribution in [3.8, 4) is 5.75 Å². The average molecular weight is 261 g/mol. The molecule has 0 aliphatic heterocycles. The van der Waals surface area contributed by atoms with Gasteiger partial charge in [-0.1, -0.05) is 13.0 Å². The van der Waals surface area contributed by atoms with Crippen molar-refractivity contribution in [2.75, 3.05) is 18.6 Å². The topological polar surface area (TPSA) is 39.2 Å². The summed E-state index contributed by atoms with van der Waals surface area (Å²) in [6.07, 6.45) is 1.71. The molecular weight excluding hydrogens is 246 g/mol. The second-order valence-corrected chi connectivity index (χ2v) is 5.05. The number of rotatable bonds is 5. The van der Waals surface area contributed by atoms with Gasteiger partial charge in [0.25, 0.3) is 0 Å². The van der Waals surface area contributed by atoms with E-state index in [9.17, 15) is 4.79 Å². The van der Waals surface area contributed by atoms with Crippen LogP contribution in [0, 0.1) is 0 Å². The summed E-state index contributed by atoms with van der Waals surface area (Å²) in [5.74, 6) is 2.29. The van der Waals surface area contributed by atoms with E-state index in [0.29, 0.717) is 11.5 Å². The van der Waals surface area contributed by atoms with Gasteiger partial charge in [0, 0.05) is 17.1 Å². The first kappa shape index (κ1) is 12.9. The Labute approximate surface area is 111 Å². The van der Waals surface area contributed by atoms with Crippen molar-refractivity contribution >= 4 is 28.4 Å². The number of benzene rings is 1. The third kappa shape index (κ3) is 2.48. The van der Waals surface area contributed by atoms with E-state index in [4.69, 9.17) is 4.74 Å². The molecular formula is C14H15NO2S. The fraction of sp³-hybridized carbons (Fsp3) is 0.286. The second-order valence-electron chi connectivity index (χ2n) is 3.78. The summed E-state index contributed by atoms with van der Waals surface area (Å²) in [5.41, 5.74) is 1.46. The van der Waals surface area contributed by atoms with Crippen LogP contribution >= 0.6 is 11.8 Å². The third-order valence-electron chi connectivity index (χ3n) is 2.69. The van der Waals surface area contributed by atoms with Crippen LogP contribution < -0.4 is 4.74 Å². The maximum absolute atomic E-state index is 12.1. The number of aromatic nitrogens is 1. The summed E-state index contributed by atoms with van der Waals surface area (Å²) in [4.78, 5) is 16.4. The first-order valence-corrected chi connectivity index (χ1v) is 6.96. The monoisotopic (exact) mass is 261 g/mol. The molecule has 0 aliphatic rings. The van der Waals surface area contributed by atoms with Gasteiger partial charge in [0.1, 0.15) is 11.3 Å². The molecule has 0 fully saturated rings. The number of carbonyl (C=O) groups excluding carboxylic acids is 1. The molecule has 0 unspecified atom stereocenters. The molecule has 18 heavy (non-hydrogen) atoms. The Morgan fingerprint density at radius 3 is 2.94 bits per heavy atom. The minimum atomic E-state index is 0.141. The standard InChI is InChI=1S/C14H15NO2S/c1-3-18-9-12(16)10-6-7-13(17-2)14-11(10)5-4-8-15-14/h4-8H,3,9H2,1-2H3.